The Hall–Kier alpha value is -3.60. The van der Waals surface area contributed by atoms with Crippen LogP contribution in [0.25, 0.3) is 5.82 Å². The third kappa shape index (κ3) is 6.89. The molecule has 2 heterocycles. The molecular weight excluding hydrogens is 554 g/mol. The lowest BCUT2D eigenvalue weighted by Gasteiger charge is -2.18. The second-order valence-electron chi connectivity index (χ2n) is 8.19. The summed E-state index contributed by atoms with van der Waals surface area (Å²) in [6, 6.07) is 0.931. The maximum Gasteiger partial charge on any atom is 0.416 e. The van der Waals surface area contributed by atoms with Crippen molar-refractivity contribution in [3.63, 3.8) is 0 Å². The number of carbonyl (C=O) groups excluding carboxylic acids is 1. The minimum atomic E-state index is -5.11. The summed E-state index contributed by atoms with van der Waals surface area (Å²) in [6.45, 7) is 5.40. The van der Waals surface area contributed by atoms with E-state index in [2.05, 4.69) is 29.7 Å². The van der Waals surface area contributed by atoms with E-state index in [1.165, 1.54) is 17.7 Å². The van der Waals surface area contributed by atoms with Crippen LogP contribution in [0.1, 0.15) is 54.1 Å². The molecule has 39 heavy (non-hydrogen) atoms. The second-order valence-corrected chi connectivity index (χ2v) is 10.8. The smallest absolute Gasteiger partial charge is 0.342 e. The van der Waals surface area contributed by atoms with Gasteiger partial charge in [0.05, 0.1) is 17.2 Å². The van der Waals surface area contributed by atoms with Crippen molar-refractivity contribution in [1.82, 2.24) is 34.4 Å². The fraction of sp³-hybridized carbons (Fsp3) is 0.409. The molecule has 0 fully saturated rings. The first kappa shape index (κ1) is 29.9. The van der Waals surface area contributed by atoms with Gasteiger partial charge in [-0.05, 0) is 25.1 Å². The number of aromatic nitrogens is 5. The number of benzene rings is 1. The first-order chi connectivity index (χ1) is 18.1. The Balaban J connectivity index is 1.94. The van der Waals surface area contributed by atoms with Gasteiger partial charge in [-0.1, -0.05) is 13.8 Å². The first-order valence-electron chi connectivity index (χ1n) is 11.4. The minimum absolute atomic E-state index is 0.0536. The van der Waals surface area contributed by atoms with Crippen LogP contribution in [-0.2, 0) is 22.3 Å². The van der Waals surface area contributed by atoms with Gasteiger partial charge in [0.15, 0.2) is 17.5 Å². The molecule has 1 N–H and O–H groups in total. The van der Waals surface area contributed by atoms with Gasteiger partial charge in [-0.25, -0.2) is 23.5 Å². The third-order valence-corrected chi connectivity index (χ3v) is 8.02. The summed E-state index contributed by atoms with van der Waals surface area (Å²) in [5.41, 5.74) is -4.08. The monoisotopic (exact) mass is 578 g/mol. The molecule has 0 saturated heterocycles. The van der Waals surface area contributed by atoms with Crippen molar-refractivity contribution in [2.75, 3.05) is 19.3 Å². The predicted molar refractivity (Wildman–Crippen MR) is 128 cm³/mol. The molecule has 0 aliphatic rings. The number of amides is 1. The highest BCUT2D eigenvalue weighted by atomic mass is 32.2. The Morgan fingerprint density at radius 3 is 2.18 bits per heavy atom. The minimum Gasteiger partial charge on any atom is -0.342 e. The van der Waals surface area contributed by atoms with Crippen LogP contribution in [0.2, 0.25) is 0 Å². The van der Waals surface area contributed by atoms with Crippen LogP contribution in [0.4, 0.5) is 32.2 Å². The van der Waals surface area contributed by atoms with Crippen molar-refractivity contribution in [2.45, 2.75) is 39.2 Å². The summed E-state index contributed by atoms with van der Waals surface area (Å²) >= 11 is 0. The molecule has 1 amide bonds. The molecule has 0 saturated carbocycles. The molecule has 3 rings (SSSR count). The number of carbonyl (C=O) groups is 1. The predicted octanol–water partition coefficient (Wildman–Crippen LogP) is 4.57. The Bertz CT molecular complexity index is 1430. The van der Waals surface area contributed by atoms with Crippen molar-refractivity contribution in [1.29, 1.82) is 0 Å². The average Bonchev–Trinajstić information content (AvgIpc) is 3.37. The van der Waals surface area contributed by atoms with E-state index >= 15 is 0 Å². The number of nitrogens with zero attached hydrogens (tertiary/aromatic N) is 7. The van der Waals surface area contributed by atoms with Crippen molar-refractivity contribution in [3.05, 3.63) is 59.4 Å². The molecule has 1 unspecified atom stereocenters. The van der Waals surface area contributed by atoms with E-state index in [4.69, 9.17) is 0 Å². The van der Waals surface area contributed by atoms with Gasteiger partial charge in [0.1, 0.15) is 22.6 Å². The van der Waals surface area contributed by atoms with Crippen LogP contribution in [0.15, 0.2) is 41.3 Å². The van der Waals surface area contributed by atoms with E-state index in [0.29, 0.717) is 18.7 Å². The largest absolute Gasteiger partial charge is 0.416 e. The molecule has 2 atom stereocenters. The Kier molecular flexibility index (Phi) is 8.64. The van der Waals surface area contributed by atoms with Gasteiger partial charge in [0, 0.05) is 31.0 Å². The van der Waals surface area contributed by atoms with Gasteiger partial charge in [-0.15, -0.1) is 0 Å². The zero-order valence-electron chi connectivity index (χ0n) is 21.1. The van der Waals surface area contributed by atoms with Crippen LogP contribution in [-0.4, -0.2) is 58.5 Å². The van der Waals surface area contributed by atoms with E-state index < -0.39 is 50.9 Å². The zero-order chi connectivity index (χ0) is 29.2. The lowest BCUT2D eigenvalue weighted by Crippen LogP contribution is -2.29. The molecule has 0 bridgehead atoms. The van der Waals surface area contributed by atoms with E-state index in [9.17, 15) is 35.3 Å². The van der Waals surface area contributed by atoms with E-state index in [0.717, 1.165) is 12.7 Å². The molecule has 1 aromatic carbocycles. The fourth-order valence-electron chi connectivity index (χ4n) is 3.36. The summed E-state index contributed by atoms with van der Waals surface area (Å²) in [4.78, 5) is 24.8. The molecular formula is C22H24F6N8O2S. The van der Waals surface area contributed by atoms with Crippen molar-refractivity contribution >= 4 is 21.6 Å². The molecule has 212 valence electrons. The van der Waals surface area contributed by atoms with Crippen molar-refractivity contribution in [2.24, 2.45) is 4.36 Å². The van der Waals surface area contributed by atoms with Crippen molar-refractivity contribution < 1.29 is 35.3 Å². The summed E-state index contributed by atoms with van der Waals surface area (Å²) in [6.07, 6.45) is -7.95. The lowest BCUT2D eigenvalue weighted by molar-refractivity contribution is -0.143. The van der Waals surface area contributed by atoms with Gasteiger partial charge in [-0.3, -0.25) is 4.79 Å². The number of nitrogens with one attached hydrogen (secondary N) is 1. The summed E-state index contributed by atoms with van der Waals surface area (Å²) in [5, 5.41) is 6.37. The van der Waals surface area contributed by atoms with E-state index in [-0.39, 0.29) is 29.3 Å². The highest BCUT2D eigenvalue weighted by Crippen LogP contribution is 2.36. The highest BCUT2D eigenvalue weighted by Gasteiger charge is 2.37. The number of rotatable bonds is 8. The maximum atomic E-state index is 13.2. The Morgan fingerprint density at radius 2 is 1.64 bits per heavy atom. The molecule has 3 aromatic rings. The quantitative estimate of drug-likeness (QED) is 0.391. The molecule has 0 spiro atoms. The maximum absolute atomic E-state index is 13.2. The Morgan fingerprint density at radius 1 is 1.03 bits per heavy atom. The molecule has 2 aromatic heterocycles. The number of hydrogen-bond donors (Lipinski definition) is 1. The van der Waals surface area contributed by atoms with Gasteiger partial charge in [-0.2, -0.15) is 40.5 Å². The zero-order valence-corrected chi connectivity index (χ0v) is 21.9. The normalized spacial score (nSPS) is 14.6. The van der Waals surface area contributed by atoms with Gasteiger partial charge in [0.25, 0.3) is 5.91 Å². The van der Waals surface area contributed by atoms with Crippen LogP contribution >= 0.6 is 0 Å². The summed E-state index contributed by atoms with van der Waals surface area (Å²) in [5.74, 6) is -0.725. The van der Waals surface area contributed by atoms with Gasteiger partial charge in [0.2, 0.25) is 0 Å². The van der Waals surface area contributed by atoms with Gasteiger partial charge >= 0.3 is 12.4 Å². The standard InChI is InChI=1S/C22H24F6N8O2S/c1-5-35(4)39(38,6-2)34-17-10-18(30-11-29-17)36-19(31-12-32-36)13(3)33-20(37)14-7-15(21(23,24)25)9-16(8-14)22(26,27)28/h7-13H,5-6H2,1-4H3,(H,33,37)/t13-,39?/m0/s1. The molecule has 10 nitrogen and oxygen atoms in total. The Labute approximate surface area is 219 Å². The third-order valence-electron chi connectivity index (χ3n) is 5.56. The molecule has 0 radical (unpaired) electrons. The van der Waals surface area contributed by atoms with Crippen LogP contribution in [0.5, 0.6) is 0 Å². The molecule has 0 aliphatic carbocycles. The number of halogens is 6. The van der Waals surface area contributed by atoms with E-state index in [1.807, 2.05) is 6.92 Å². The van der Waals surface area contributed by atoms with E-state index in [1.54, 1.807) is 18.3 Å². The van der Waals surface area contributed by atoms with Gasteiger partial charge < -0.3 is 5.32 Å². The van der Waals surface area contributed by atoms with Crippen LogP contribution < -0.4 is 5.32 Å². The van der Waals surface area contributed by atoms with Crippen LogP contribution in [0, 0.1) is 0 Å². The fourth-order valence-corrected chi connectivity index (χ4v) is 4.86. The lowest BCUT2D eigenvalue weighted by atomic mass is 10.0. The molecule has 0 aliphatic heterocycles. The topological polar surface area (TPSA) is 118 Å². The highest BCUT2D eigenvalue weighted by molar-refractivity contribution is 7.91. The number of hydrogen-bond acceptors (Lipinski definition) is 7. The second kappa shape index (κ2) is 11.3. The summed E-state index contributed by atoms with van der Waals surface area (Å²) in [7, 11) is -1.14. The number of alkyl halides is 6. The first-order valence-corrected chi connectivity index (χ1v) is 13.0. The average molecular weight is 579 g/mol. The summed E-state index contributed by atoms with van der Waals surface area (Å²) < 4.78 is 99.3. The SMILES string of the molecule is CCN(C)S(=O)(CC)=Nc1cc(-n2ncnc2[C@H](C)NC(=O)c2cc(C(F)(F)F)cc(C(F)(F)F)c2)ncn1. The molecule has 17 heteroatoms. The van der Waals surface area contributed by atoms with Crippen molar-refractivity contribution in [3.8, 4) is 5.82 Å². The van der Waals surface area contributed by atoms with Crippen LogP contribution in [0.3, 0.4) is 0 Å².